The SMILES string of the molecule is CC(CC(=O)N(C)C(C)CCN)CC(C)(C)C. The van der Waals surface area contributed by atoms with Gasteiger partial charge in [-0.25, -0.2) is 0 Å². The van der Waals surface area contributed by atoms with Crippen molar-refractivity contribution in [2.75, 3.05) is 13.6 Å². The fraction of sp³-hybridized carbons (Fsp3) is 0.929. The third kappa shape index (κ3) is 7.37. The van der Waals surface area contributed by atoms with Crippen LogP contribution < -0.4 is 5.73 Å². The highest BCUT2D eigenvalue weighted by atomic mass is 16.2. The Labute approximate surface area is 107 Å². The average Bonchev–Trinajstić information content (AvgIpc) is 2.13. The fourth-order valence-electron chi connectivity index (χ4n) is 2.24. The number of hydrogen-bond donors (Lipinski definition) is 1. The number of nitrogens with zero attached hydrogens (tertiary/aromatic N) is 1. The van der Waals surface area contributed by atoms with E-state index in [2.05, 4.69) is 34.6 Å². The third-order valence-corrected chi connectivity index (χ3v) is 3.12. The molecule has 0 aromatic heterocycles. The number of rotatable bonds is 6. The standard InChI is InChI=1S/C14H30N2O/c1-11(10-14(3,4)5)9-13(17)16(6)12(2)7-8-15/h11-12H,7-10,15H2,1-6H3. The zero-order valence-electron chi connectivity index (χ0n) is 12.4. The zero-order valence-corrected chi connectivity index (χ0v) is 12.4. The van der Waals surface area contributed by atoms with E-state index >= 15 is 0 Å². The van der Waals surface area contributed by atoms with Crippen LogP contribution in [0.4, 0.5) is 0 Å². The van der Waals surface area contributed by atoms with Gasteiger partial charge in [-0.05, 0) is 37.6 Å². The number of carbonyl (C=O) groups is 1. The first kappa shape index (κ1) is 16.4. The largest absolute Gasteiger partial charge is 0.343 e. The Balaban J connectivity index is 4.16. The molecule has 0 aromatic rings. The van der Waals surface area contributed by atoms with Gasteiger partial charge in [-0.3, -0.25) is 4.79 Å². The van der Waals surface area contributed by atoms with Crippen LogP contribution >= 0.6 is 0 Å². The molecule has 2 unspecified atom stereocenters. The van der Waals surface area contributed by atoms with Crippen LogP contribution in [0.3, 0.4) is 0 Å². The lowest BCUT2D eigenvalue weighted by Gasteiger charge is -2.28. The Hall–Kier alpha value is -0.570. The summed E-state index contributed by atoms with van der Waals surface area (Å²) in [6.45, 7) is 11.5. The Kier molecular flexibility index (Phi) is 6.76. The van der Waals surface area contributed by atoms with Crippen LogP contribution in [0.25, 0.3) is 0 Å². The normalized spacial score (nSPS) is 15.5. The van der Waals surface area contributed by atoms with E-state index in [1.807, 2.05) is 11.9 Å². The number of carbonyl (C=O) groups excluding carboxylic acids is 1. The van der Waals surface area contributed by atoms with Crippen molar-refractivity contribution in [3.05, 3.63) is 0 Å². The predicted molar refractivity (Wildman–Crippen MR) is 73.8 cm³/mol. The van der Waals surface area contributed by atoms with Crippen molar-refractivity contribution < 1.29 is 4.79 Å². The van der Waals surface area contributed by atoms with Crippen LogP contribution in [0.2, 0.25) is 0 Å². The topological polar surface area (TPSA) is 46.3 Å². The summed E-state index contributed by atoms with van der Waals surface area (Å²) >= 11 is 0. The second-order valence-corrected chi connectivity index (χ2v) is 6.51. The van der Waals surface area contributed by atoms with Gasteiger partial charge >= 0.3 is 0 Å². The van der Waals surface area contributed by atoms with Gasteiger partial charge in [-0.15, -0.1) is 0 Å². The van der Waals surface area contributed by atoms with Crippen molar-refractivity contribution >= 4 is 5.91 Å². The Morgan fingerprint density at radius 3 is 2.24 bits per heavy atom. The van der Waals surface area contributed by atoms with E-state index in [0.29, 0.717) is 24.3 Å². The van der Waals surface area contributed by atoms with Crippen molar-refractivity contribution in [2.45, 2.75) is 59.9 Å². The monoisotopic (exact) mass is 242 g/mol. The molecule has 17 heavy (non-hydrogen) atoms. The summed E-state index contributed by atoms with van der Waals surface area (Å²) in [4.78, 5) is 13.9. The lowest BCUT2D eigenvalue weighted by molar-refractivity contribution is -0.132. The summed E-state index contributed by atoms with van der Waals surface area (Å²) in [5.74, 6) is 0.678. The van der Waals surface area contributed by atoms with E-state index in [1.165, 1.54) is 0 Å². The van der Waals surface area contributed by atoms with E-state index < -0.39 is 0 Å². The third-order valence-electron chi connectivity index (χ3n) is 3.12. The molecular formula is C14H30N2O. The van der Waals surface area contributed by atoms with Gasteiger partial charge in [0.05, 0.1) is 0 Å². The molecule has 3 heteroatoms. The molecule has 0 aromatic carbocycles. The highest BCUT2D eigenvalue weighted by Crippen LogP contribution is 2.26. The summed E-state index contributed by atoms with van der Waals surface area (Å²) in [5, 5.41) is 0. The molecule has 0 saturated heterocycles. The maximum absolute atomic E-state index is 12.0. The molecule has 2 N–H and O–H groups in total. The molecule has 2 atom stereocenters. The van der Waals surface area contributed by atoms with Crippen LogP contribution in [-0.4, -0.2) is 30.4 Å². The maximum atomic E-state index is 12.0. The van der Waals surface area contributed by atoms with Crippen molar-refractivity contribution in [3.63, 3.8) is 0 Å². The van der Waals surface area contributed by atoms with Gasteiger partial charge in [-0.2, -0.15) is 0 Å². The first-order chi connectivity index (χ1) is 7.67. The van der Waals surface area contributed by atoms with Crippen molar-refractivity contribution in [3.8, 4) is 0 Å². The van der Waals surface area contributed by atoms with E-state index in [1.54, 1.807) is 0 Å². The molecular weight excluding hydrogens is 212 g/mol. The molecule has 0 fully saturated rings. The second kappa shape index (κ2) is 7.00. The van der Waals surface area contributed by atoms with E-state index in [4.69, 9.17) is 5.73 Å². The Morgan fingerprint density at radius 1 is 1.29 bits per heavy atom. The quantitative estimate of drug-likeness (QED) is 0.778. The van der Waals surface area contributed by atoms with Gasteiger partial charge < -0.3 is 10.6 Å². The lowest BCUT2D eigenvalue weighted by Crippen LogP contribution is -2.37. The van der Waals surface area contributed by atoms with Gasteiger partial charge in [0.1, 0.15) is 0 Å². The van der Waals surface area contributed by atoms with Crippen molar-refractivity contribution in [1.82, 2.24) is 4.90 Å². The number of hydrogen-bond acceptors (Lipinski definition) is 2. The maximum Gasteiger partial charge on any atom is 0.222 e. The van der Waals surface area contributed by atoms with Crippen LogP contribution in [0, 0.1) is 11.3 Å². The summed E-state index contributed by atoms with van der Waals surface area (Å²) < 4.78 is 0. The molecule has 0 heterocycles. The highest BCUT2D eigenvalue weighted by Gasteiger charge is 2.21. The van der Waals surface area contributed by atoms with Crippen molar-refractivity contribution in [1.29, 1.82) is 0 Å². The van der Waals surface area contributed by atoms with Gasteiger partial charge in [0.2, 0.25) is 5.91 Å². The van der Waals surface area contributed by atoms with E-state index in [-0.39, 0.29) is 11.9 Å². The molecule has 0 aliphatic heterocycles. The molecule has 0 saturated carbocycles. The van der Waals surface area contributed by atoms with Gasteiger partial charge in [0.15, 0.2) is 0 Å². The summed E-state index contributed by atoms with van der Waals surface area (Å²) in [5.41, 5.74) is 5.81. The fourth-order valence-corrected chi connectivity index (χ4v) is 2.24. The van der Waals surface area contributed by atoms with Crippen molar-refractivity contribution in [2.24, 2.45) is 17.1 Å². The molecule has 0 rings (SSSR count). The molecule has 0 spiro atoms. The van der Waals surface area contributed by atoms with Crippen LogP contribution in [-0.2, 0) is 4.79 Å². The first-order valence-electron chi connectivity index (χ1n) is 6.63. The van der Waals surface area contributed by atoms with Gasteiger partial charge in [0, 0.05) is 19.5 Å². The van der Waals surface area contributed by atoms with Crippen LogP contribution in [0.1, 0.15) is 53.9 Å². The lowest BCUT2D eigenvalue weighted by atomic mass is 9.84. The average molecular weight is 242 g/mol. The van der Waals surface area contributed by atoms with Gasteiger partial charge in [-0.1, -0.05) is 27.7 Å². The van der Waals surface area contributed by atoms with Gasteiger partial charge in [0.25, 0.3) is 0 Å². The van der Waals surface area contributed by atoms with Crippen LogP contribution in [0.15, 0.2) is 0 Å². The summed E-state index contributed by atoms with van der Waals surface area (Å²) in [7, 11) is 1.88. The number of nitrogens with two attached hydrogens (primary N) is 1. The molecule has 0 aliphatic rings. The molecule has 102 valence electrons. The smallest absolute Gasteiger partial charge is 0.222 e. The molecule has 3 nitrogen and oxygen atoms in total. The Morgan fingerprint density at radius 2 is 1.82 bits per heavy atom. The highest BCUT2D eigenvalue weighted by molar-refractivity contribution is 5.76. The van der Waals surface area contributed by atoms with E-state index in [0.717, 1.165) is 12.8 Å². The number of amides is 1. The minimum atomic E-state index is 0.239. The Bertz CT molecular complexity index is 233. The van der Waals surface area contributed by atoms with E-state index in [9.17, 15) is 4.79 Å². The molecule has 0 bridgehead atoms. The zero-order chi connectivity index (χ0) is 13.6. The van der Waals surface area contributed by atoms with Crippen LogP contribution in [0.5, 0.6) is 0 Å². The molecule has 0 aliphatic carbocycles. The predicted octanol–water partition coefficient (Wildman–Crippen LogP) is 2.64. The second-order valence-electron chi connectivity index (χ2n) is 6.51. The minimum absolute atomic E-state index is 0.239. The molecule has 1 amide bonds. The minimum Gasteiger partial charge on any atom is -0.343 e. The molecule has 0 radical (unpaired) electrons. The first-order valence-corrected chi connectivity index (χ1v) is 6.63. The summed E-state index contributed by atoms with van der Waals surface area (Å²) in [6.07, 6.45) is 2.59. The summed E-state index contributed by atoms with van der Waals surface area (Å²) in [6, 6.07) is 0.245.